The van der Waals surface area contributed by atoms with Crippen LogP contribution in [0, 0.1) is 0 Å². The van der Waals surface area contributed by atoms with Crippen molar-refractivity contribution >= 4 is 25.7 Å². The zero-order valence-corrected chi connectivity index (χ0v) is 36.6. The molecule has 11 nitrogen and oxygen atoms in total. The van der Waals surface area contributed by atoms with Crippen molar-refractivity contribution in [3.63, 3.8) is 0 Å². The highest BCUT2D eigenvalue weighted by Gasteiger charge is 2.28. The first-order valence-corrected chi connectivity index (χ1v) is 23.4. The predicted octanol–water partition coefficient (Wildman–Crippen LogP) is 11.7. The molecule has 0 heterocycles. The fraction of sp³-hybridized carbons (Fsp3) is 0.674. The molecule has 0 bridgehead atoms. The van der Waals surface area contributed by atoms with Crippen molar-refractivity contribution in [3.8, 4) is 0 Å². The van der Waals surface area contributed by atoms with Crippen molar-refractivity contribution in [3.05, 3.63) is 73.4 Å². The number of esters is 2. The second-order valence-corrected chi connectivity index (χ2v) is 16.0. The largest absolute Gasteiger partial charge is 0.480 e. The zero-order valence-electron chi connectivity index (χ0n) is 35.7. The molecule has 332 valence electrons. The van der Waals surface area contributed by atoms with Gasteiger partial charge in [0.1, 0.15) is 12.6 Å². The first kappa shape index (κ1) is 54.9. The van der Waals surface area contributed by atoms with Gasteiger partial charge in [-0.15, -0.1) is 6.58 Å². The van der Waals surface area contributed by atoms with E-state index in [-0.39, 0.29) is 19.4 Å². The maximum absolute atomic E-state index is 12.6. The second kappa shape index (κ2) is 40.7. The molecule has 0 rings (SSSR count). The van der Waals surface area contributed by atoms with E-state index in [1.54, 1.807) is 0 Å². The van der Waals surface area contributed by atoms with Crippen molar-refractivity contribution in [1.29, 1.82) is 0 Å². The van der Waals surface area contributed by atoms with Crippen LogP contribution in [-0.4, -0.2) is 59.9 Å². The Balaban J connectivity index is 4.41. The number of hydrogen-bond acceptors (Lipinski definition) is 9. The van der Waals surface area contributed by atoms with Crippen LogP contribution in [0.25, 0.3) is 0 Å². The molecule has 0 aliphatic heterocycles. The summed E-state index contributed by atoms with van der Waals surface area (Å²) in [5.74, 6) is -2.43. The molecule has 0 saturated heterocycles. The van der Waals surface area contributed by atoms with Gasteiger partial charge in [-0.3, -0.25) is 23.4 Å². The number of phosphoric acid groups is 1. The summed E-state index contributed by atoms with van der Waals surface area (Å²) in [6, 6.07) is -1.53. The van der Waals surface area contributed by atoms with E-state index in [0.717, 1.165) is 77.0 Å². The number of phosphoric ester groups is 1. The quantitative estimate of drug-likeness (QED) is 0.0232. The van der Waals surface area contributed by atoms with Crippen LogP contribution in [0.5, 0.6) is 0 Å². The summed E-state index contributed by atoms with van der Waals surface area (Å²) >= 11 is 0. The van der Waals surface area contributed by atoms with Crippen LogP contribution < -0.4 is 5.73 Å². The summed E-state index contributed by atoms with van der Waals surface area (Å²) in [5.41, 5.74) is 5.33. The van der Waals surface area contributed by atoms with Crippen molar-refractivity contribution in [2.45, 2.75) is 180 Å². The Bertz CT molecular complexity index is 1240. The summed E-state index contributed by atoms with van der Waals surface area (Å²) in [7, 11) is -4.73. The van der Waals surface area contributed by atoms with Gasteiger partial charge in [-0.2, -0.15) is 0 Å². The van der Waals surface area contributed by atoms with Gasteiger partial charge in [-0.05, 0) is 70.6 Å². The first-order valence-electron chi connectivity index (χ1n) is 21.9. The lowest BCUT2D eigenvalue weighted by Crippen LogP contribution is -2.34. The summed E-state index contributed by atoms with van der Waals surface area (Å²) in [5, 5.41) is 8.89. The molecule has 4 N–H and O–H groups in total. The van der Waals surface area contributed by atoms with Gasteiger partial charge >= 0.3 is 25.7 Å². The topological polar surface area (TPSA) is 172 Å². The molecule has 0 aromatic rings. The summed E-state index contributed by atoms with van der Waals surface area (Å²) in [6.45, 7) is 4.17. The summed E-state index contributed by atoms with van der Waals surface area (Å²) < 4.78 is 32.7. The second-order valence-electron chi connectivity index (χ2n) is 14.5. The minimum Gasteiger partial charge on any atom is -0.480 e. The first-order chi connectivity index (χ1) is 28.1. The Morgan fingerprint density at radius 1 is 0.586 bits per heavy atom. The minimum atomic E-state index is -4.73. The third-order valence-electron chi connectivity index (χ3n) is 9.08. The van der Waals surface area contributed by atoms with Crippen molar-refractivity contribution in [1.82, 2.24) is 0 Å². The SMILES string of the molecule is C=CCCCCCCCCCCCCCCCC(=O)O[C@H](COC(=O)CCCCC/C=C/C/C=C/C/C=C/C/C=C/C/C=C/CC)COP(=O)(O)OC[C@H](N)C(=O)O. The van der Waals surface area contributed by atoms with Crippen LogP contribution in [0.15, 0.2) is 73.4 Å². The number of carboxylic acid groups (broad SMARTS) is 1. The van der Waals surface area contributed by atoms with Gasteiger partial charge in [0.25, 0.3) is 0 Å². The average Bonchev–Trinajstić information content (AvgIpc) is 3.20. The van der Waals surface area contributed by atoms with Gasteiger partial charge in [0.2, 0.25) is 0 Å². The molecule has 0 saturated carbocycles. The highest BCUT2D eigenvalue weighted by molar-refractivity contribution is 7.47. The maximum atomic E-state index is 12.6. The molecule has 0 spiro atoms. The number of ether oxygens (including phenoxy) is 2. The number of nitrogens with two attached hydrogens (primary N) is 1. The highest BCUT2D eigenvalue weighted by atomic mass is 31.2. The van der Waals surface area contributed by atoms with E-state index in [2.05, 4.69) is 78.8 Å². The molecule has 0 aromatic carbocycles. The van der Waals surface area contributed by atoms with E-state index in [1.807, 2.05) is 6.08 Å². The molecule has 3 atom stereocenters. The molecule has 0 aliphatic carbocycles. The lowest BCUT2D eigenvalue weighted by Gasteiger charge is -2.20. The van der Waals surface area contributed by atoms with Crippen molar-refractivity contribution < 1.29 is 47.5 Å². The van der Waals surface area contributed by atoms with Crippen LogP contribution in [0.2, 0.25) is 0 Å². The van der Waals surface area contributed by atoms with Gasteiger partial charge < -0.3 is 25.2 Å². The van der Waals surface area contributed by atoms with Gasteiger partial charge in [-0.1, -0.05) is 151 Å². The number of unbranched alkanes of at least 4 members (excludes halogenated alkanes) is 16. The molecule has 1 unspecified atom stereocenters. The number of aliphatic carboxylic acids is 1. The third kappa shape index (κ3) is 39.7. The lowest BCUT2D eigenvalue weighted by atomic mass is 10.0. The monoisotopic (exact) mass is 836 g/mol. The van der Waals surface area contributed by atoms with Gasteiger partial charge in [0.15, 0.2) is 6.10 Å². The van der Waals surface area contributed by atoms with Crippen LogP contribution in [-0.2, 0) is 37.5 Å². The van der Waals surface area contributed by atoms with Gasteiger partial charge in [0.05, 0.1) is 13.2 Å². The molecule has 58 heavy (non-hydrogen) atoms. The fourth-order valence-corrected chi connectivity index (χ4v) is 6.44. The molecule has 0 aliphatic rings. The maximum Gasteiger partial charge on any atom is 0.472 e. The average molecular weight is 836 g/mol. The molecule has 0 aromatic heterocycles. The number of hydrogen-bond donors (Lipinski definition) is 3. The molecule has 0 fully saturated rings. The van der Waals surface area contributed by atoms with E-state index in [0.29, 0.717) is 12.8 Å². The van der Waals surface area contributed by atoms with E-state index < -0.39 is 51.1 Å². The Labute approximate surface area is 350 Å². The van der Waals surface area contributed by atoms with E-state index >= 15 is 0 Å². The molecular formula is C46H78NO10P. The van der Waals surface area contributed by atoms with Crippen LogP contribution in [0.1, 0.15) is 167 Å². The zero-order chi connectivity index (χ0) is 42.8. The molecule has 12 heteroatoms. The standard InChI is InChI=1S/C46H78NO10P/c1-3-5-7-9-11-13-15-17-19-20-21-22-24-25-27-29-31-33-35-37-44(48)54-39-42(40-55-58(52,53)56-41-43(47)46(50)51)57-45(49)38-36-34-32-30-28-26-23-18-16-14-12-10-8-6-4-2/h4-5,7,11,13,17,19,21-22,25,27,42-43H,2-3,6,8-10,12,14-16,18,20,23-24,26,28-41,47H2,1H3,(H,50,51)(H,52,53)/b7-5+,13-11+,19-17+,22-21+,27-25+/t42-,43+/m1/s1. The predicted molar refractivity (Wildman–Crippen MR) is 235 cm³/mol. The van der Waals surface area contributed by atoms with E-state index in [1.165, 1.54) is 57.8 Å². The third-order valence-corrected chi connectivity index (χ3v) is 10.0. The van der Waals surface area contributed by atoms with E-state index in [4.69, 9.17) is 24.8 Å². The lowest BCUT2D eigenvalue weighted by molar-refractivity contribution is -0.161. The molecule has 0 radical (unpaired) electrons. The Morgan fingerprint density at radius 2 is 1.00 bits per heavy atom. The van der Waals surface area contributed by atoms with Crippen LogP contribution in [0.4, 0.5) is 0 Å². The Morgan fingerprint density at radius 3 is 1.50 bits per heavy atom. The van der Waals surface area contributed by atoms with E-state index in [9.17, 15) is 23.8 Å². The summed E-state index contributed by atoms with van der Waals surface area (Å²) in [6.07, 6.45) is 47.1. The van der Waals surface area contributed by atoms with Crippen LogP contribution >= 0.6 is 7.82 Å². The summed E-state index contributed by atoms with van der Waals surface area (Å²) in [4.78, 5) is 46.0. The smallest absolute Gasteiger partial charge is 0.472 e. The highest BCUT2D eigenvalue weighted by Crippen LogP contribution is 2.43. The van der Waals surface area contributed by atoms with Gasteiger partial charge in [0, 0.05) is 12.8 Å². The van der Waals surface area contributed by atoms with Gasteiger partial charge in [-0.25, -0.2) is 4.57 Å². The number of carbonyl (C=O) groups excluding carboxylic acids is 2. The minimum absolute atomic E-state index is 0.149. The van der Waals surface area contributed by atoms with Crippen molar-refractivity contribution in [2.24, 2.45) is 5.73 Å². The van der Waals surface area contributed by atoms with Crippen molar-refractivity contribution in [2.75, 3.05) is 19.8 Å². The molecule has 0 amide bonds. The Kier molecular flexibility index (Phi) is 38.5. The number of carboxylic acids is 1. The van der Waals surface area contributed by atoms with Crippen LogP contribution in [0.3, 0.4) is 0 Å². The molecular weight excluding hydrogens is 757 g/mol. The number of allylic oxidation sites excluding steroid dienone is 11. The number of carbonyl (C=O) groups is 3. The number of rotatable bonds is 41. The fourth-order valence-electron chi connectivity index (χ4n) is 5.66. The Hall–Kier alpha value is -3.08. The normalized spacial score (nSPS) is 14.2.